The molecule has 0 spiro atoms. The number of nitrogens with zero attached hydrogens (tertiary/aromatic N) is 2. The van der Waals surface area contributed by atoms with E-state index in [0.29, 0.717) is 21.6 Å². The second kappa shape index (κ2) is 4.28. The predicted molar refractivity (Wildman–Crippen MR) is 70.4 cm³/mol. The van der Waals surface area contributed by atoms with Crippen molar-refractivity contribution >= 4 is 44.9 Å². The monoisotopic (exact) mass is 319 g/mol. The van der Waals surface area contributed by atoms with Crippen molar-refractivity contribution in [2.75, 3.05) is 5.73 Å². The fourth-order valence-electron chi connectivity index (χ4n) is 1.34. The number of halogens is 3. The molecule has 0 saturated heterocycles. The smallest absolute Gasteiger partial charge is 0.148 e. The number of nitrogens with two attached hydrogens (primary N) is 1. The molecule has 0 amide bonds. The number of anilines is 1. The van der Waals surface area contributed by atoms with Gasteiger partial charge >= 0.3 is 0 Å². The summed E-state index contributed by atoms with van der Waals surface area (Å²) < 4.78 is 2.41. The third-order valence-electron chi connectivity index (χ3n) is 2.15. The van der Waals surface area contributed by atoms with E-state index in [0.717, 1.165) is 10.0 Å². The molecule has 6 heteroatoms. The van der Waals surface area contributed by atoms with Crippen molar-refractivity contribution in [3.8, 4) is 5.69 Å². The number of hydrogen-bond acceptors (Lipinski definition) is 2. The molecule has 2 aromatic rings. The lowest BCUT2D eigenvalue weighted by Crippen LogP contribution is -1.98. The van der Waals surface area contributed by atoms with Crippen molar-refractivity contribution in [3.05, 3.63) is 38.4 Å². The van der Waals surface area contributed by atoms with Crippen LogP contribution in [0.1, 0.15) is 5.56 Å². The van der Waals surface area contributed by atoms with E-state index in [1.54, 1.807) is 23.0 Å². The Hall–Kier alpha value is -0.710. The highest BCUT2D eigenvalue weighted by Gasteiger charge is 2.12. The Bertz CT molecular complexity index is 508. The summed E-state index contributed by atoms with van der Waals surface area (Å²) in [6.45, 7) is 1.87. The van der Waals surface area contributed by atoms with Gasteiger partial charge in [0.2, 0.25) is 0 Å². The highest BCUT2D eigenvalue weighted by Crippen LogP contribution is 2.32. The summed E-state index contributed by atoms with van der Waals surface area (Å²) in [4.78, 5) is 0. The molecule has 0 aliphatic rings. The zero-order valence-corrected chi connectivity index (χ0v) is 11.4. The summed E-state index contributed by atoms with van der Waals surface area (Å²) >= 11 is 15.5. The van der Waals surface area contributed by atoms with Crippen LogP contribution in [0.15, 0.2) is 22.8 Å². The van der Waals surface area contributed by atoms with E-state index in [1.165, 1.54) is 0 Å². The highest BCUT2D eigenvalue weighted by atomic mass is 79.9. The Balaban J connectivity index is 2.64. The summed E-state index contributed by atoms with van der Waals surface area (Å²) in [7, 11) is 0. The van der Waals surface area contributed by atoms with Crippen LogP contribution >= 0.6 is 39.1 Å². The van der Waals surface area contributed by atoms with Crippen molar-refractivity contribution in [2.24, 2.45) is 0 Å². The van der Waals surface area contributed by atoms with Gasteiger partial charge in [0.15, 0.2) is 0 Å². The van der Waals surface area contributed by atoms with Gasteiger partial charge in [0.05, 0.1) is 10.0 Å². The van der Waals surface area contributed by atoms with Gasteiger partial charge in [-0.3, -0.25) is 0 Å². The molecular formula is C10H8BrCl2N3. The van der Waals surface area contributed by atoms with Gasteiger partial charge in [-0.25, -0.2) is 4.68 Å². The topological polar surface area (TPSA) is 43.8 Å². The molecule has 0 unspecified atom stereocenters. The average molecular weight is 321 g/mol. The van der Waals surface area contributed by atoms with Crippen molar-refractivity contribution in [2.45, 2.75) is 6.92 Å². The van der Waals surface area contributed by atoms with Crippen LogP contribution in [0.5, 0.6) is 0 Å². The highest BCUT2D eigenvalue weighted by molar-refractivity contribution is 9.10. The molecule has 0 bridgehead atoms. The minimum Gasteiger partial charge on any atom is -0.382 e. The van der Waals surface area contributed by atoms with E-state index in [-0.39, 0.29) is 0 Å². The quantitative estimate of drug-likeness (QED) is 0.867. The third kappa shape index (κ3) is 2.05. The van der Waals surface area contributed by atoms with Gasteiger partial charge in [-0.1, -0.05) is 39.1 Å². The molecule has 1 heterocycles. The van der Waals surface area contributed by atoms with Gasteiger partial charge in [-0.05, 0) is 19.1 Å². The van der Waals surface area contributed by atoms with Crippen LogP contribution in [0, 0.1) is 6.92 Å². The van der Waals surface area contributed by atoms with Crippen LogP contribution in [0.4, 0.5) is 5.82 Å². The number of hydrogen-bond donors (Lipinski definition) is 1. The van der Waals surface area contributed by atoms with Crippen LogP contribution in [0.3, 0.4) is 0 Å². The molecule has 0 radical (unpaired) electrons. The van der Waals surface area contributed by atoms with Gasteiger partial charge in [-0.2, -0.15) is 5.10 Å². The van der Waals surface area contributed by atoms with Crippen LogP contribution in [-0.2, 0) is 0 Å². The number of rotatable bonds is 1. The van der Waals surface area contributed by atoms with Crippen molar-refractivity contribution < 1.29 is 0 Å². The first kappa shape index (κ1) is 11.8. The Kier molecular flexibility index (Phi) is 3.15. The summed E-state index contributed by atoms with van der Waals surface area (Å²) in [6, 6.07) is 3.52. The molecular weight excluding hydrogens is 313 g/mol. The maximum Gasteiger partial charge on any atom is 0.148 e. The van der Waals surface area contributed by atoms with Crippen molar-refractivity contribution in [3.63, 3.8) is 0 Å². The molecule has 0 aliphatic carbocycles. The second-order valence-corrected chi connectivity index (χ2v) is 5.09. The zero-order chi connectivity index (χ0) is 11.9. The van der Waals surface area contributed by atoms with Crippen LogP contribution < -0.4 is 5.73 Å². The van der Waals surface area contributed by atoms with Gasteiger partial charge in [0.1, 0.15) is 11.5 Å². The van der Waals surface area contributed by atoms with E-state index < -0.39 is 0 Å². The first-order valence-electron chi connectivity index (χ1n) is 4.45. The Morgan fingerprint density at radius 1 is 1.31 bits per heavy atom. The number of nitrogen functional groups attached to an aromatic ring is 1. The van der Waals surface area contributed by atoms with Crippen LogP contribution in [-0.4, -0.2) is 9.78 Å². The molecule has 84 valence electrons. The van der Waals surface area contributed by atoms with E-state index >= 15 is 0 Å². The fourth-order valence-corrected chi connectivity index (χ4v) is 2.72. The number of aromatic nitrogens is 2. The molecule has 2 N–H and O–H groups in total. The summed E-state index contributed by atoms with van der Waals surface area (Å²) in [5.41, 5.74) is 7.20. The minimum atomic E-state index is 0.468. The van der Waals surface area contributed by atoms with Crippen molar-refractivity contribution in [1.82, 2.24) is 9.78 Å². The molecule has 16 heavy (non-hydrogen) atoms. The Morgan fingerprint density at radius 2 is 1.88 bits per heavy atom. The lowest BCUT2D eigenvalue weighted by Gasteiger charge is -2.07. The normalized spacial score (nSPS) is 10.8. The van der Waals surface area contributed by atoms with E-state index in [4.69, 9.17) is 28.9 Å². The first-order chi connectivity index (χ1) is 7.49. The fraction of sp³-hybridized carbons (Fsp3) is 0.100. The number of benzene rings is 1. The summed E-state index contributed by atoms with van der Waals surface area (Å²) in [5.74, 6) is 0.468. The molecule has 1 aromatic carbocycles. The Morgan fingerprint density at radius 3 is 2.31 bits per heavy atom. The molecule has 2 rings (SSSR count). The second-order valence-electron chi connectivity index (χ2n) is 3.36. The number of aryl methyl sites for hydroxylation is 1. The Labute approximate surface area is 111 Å². The van der Waals surface area contributed by atoms with Gasteiger partial charge < -0.3 is 5.73 Å². The van der Waals surface area contributed by atoms with E-state index in [2.05, 4.69) is 21.0 Å². The maximum atomic E-state index is 6.11. The lowest BCUT2D eigenvalue weighted by atomic mass is 10.3. The van der Waals surface area contributed by atoms with Crippen LogP contribution in [0.2, 0.25) is 10.0 Å². The minimum absolute atomic E-state index is 0.468. The van der Waals surface area contributed by atoms with Crippen molar-refractivity contribution in [1.29, 1.82) is 0 Å². The van der Waals surface area contributed by atoms with Gasteiger partial charge in [0.25, 0.3) is 0 Å². The molecule has 0 saturated carbocycles. The summed E-state index contributed by atoms with van der Waals surface area (Å²) in [5, 5.41) is 5.17. The molecule has 0 fully saturated rings. The largest absolute Gasteiger partial charge is 0.382 e. The molecule has 3 nitrogen and oxygen atoms in total. The van der Waals surface area contributed by atoms with Gasteiger partial charge in [0, 0.05) is 16.2 Å². The average Bonchev–Trinajstić information content (AvgIpc) is 2.44. The molecule has 1 aromatic heterocycles. The molecule has 0 atom stereocenters. The SMILES string of the molecule is Cc1cn(-c2c(Cl)cc(Br)cc2Cl)nc1N. The summed E-state index contributed by atoms with van der Waals surface area (Å²) in [6.07, 6.45) is 1.79. The first-order valence-corrected chi connectivity index (χ1v) is 6.00. The maximum absolute atomic E-state index is 6.11. The van der Waals surface area contributed by atoms with E-state index in [1.807, 2.05) is 6.92 Å². The zero-order valence-electron chi connectivity index (χ0n) is 8.34. The van der Waals surface area contributed by atoms with E-state index in [9.17, 15) is 0 Å². The lowest BCUT2D eigenvalue weighted by molar-refractivity contribution is 0.885. The molecule has 0 aliphatic heterocycles. The standard InChI is InChI=1S/C10H8BrCl2N3/c1-5-4-16(15-10(5)14)9-7(12)2-6(11)3-8(9)13/h2-4H,1H3,(H2,14,15). The predicted octanol–water partition coefficient (Wildman–Crippen LogP) is 3.83. The third-order valence-corrected chi connectivity index (χ3v) is 3.18. The van der Waals surface area contributed by atoms with Crippen LogP contribution in [0.25, 0.3) is 5.69 Å². The van der Waals surface area contributed by atoms with Gasteiger partial charge in [-0.15, -0.1) is 0 Å².